The maximum Gasteiger partial charge on any atom is 0.236 e. The van der Waals surface area contributed by atoms with E-state index in [9.17, 15) is 4.79 Å². The summed E-state index contributed by atoms with van der Waals surface area (Å²) in [6.45, 7) is 1.38. The molecule has 5 nitrogen and oxygen atoms in total. The van der Waals surface area contributed by atoms with Crippen LogP contribution in [0, 0.1) is 0 Å². The first-order valence-electron chi connectivity index (χ1n) is 5.54. The summed E-state index contributed by atoms with van der Waals surface area (Å²) < 4.78 is 5.13. The van der Waals surface area contributed by atoms with Gasteiger partial charge in [0.05, 0.1) is 18.8 Å². The van der Waals surface area contributed by atoms with E-state index in [4.69, 9.17) is 16.3 Å². The number of rotatable bonds is 3. The molecule has 0 spiro atoms. The molecule has 1 N–H and O–H groups in total. The minimum atomic E-state index is -0.245. The van der Waals surface area contributed by atoms with E-state index in [1.165, 1.54) is 13.1 Å². The van der Waals surface area contributed by atoms with Gasteiger partial charge in [0.25, 0.3) is 0 Å². The third kappa shape index (κ3) is 3.20. The third-order valence-corrected chi connectivity index (χ3v) is 2.73. The first-order valence-corrected chi connectivity index (χ1v) is 5.92. The van der Waals surface area contributed by atoms with Crippen molar-refractivity contribution < 1.29 is 9.53 Å². The first-order chi connectivity index (χ1) is 9.10. The zero-order valence-electron chi connectivity index (χ0n) is 10.5. The molecular formula is C13H12ClN3O2. The van der Waals surface area contributed by atoms with Gasteiger partial charge in [0.2, 0.25) is 5.91 Å². The van der Waals surface area contributed by atoms with Gasteiger partial charge >= 0.3 is 0 Å². The minimum Gasteiger partial charge on any atom is -0.497 e. The smallest absolute Gasteiger partial charge is 0.236 e. The number of aromatic nitrogens is 1. The van der Waals surface area contributed by atoms with Crippen LogP contribution in [0.5, 0.6) is 5.75 Å². The zero-order valence-corrected chi connectivity index (χ0v) is 11.2. The van der Waals surface area contributed by atoms with Gasteiger partial charge in [-0.1, -0.05) is 11.6 Å². The number of carbonyl (C=O) groups excluding carboxylic acids is 1. The van der Waals surface area contributed by atoms with Gasteiger partial charge in [-0.2, -0.15) is 5.10 Å². The van der Waals surface area contributed by atoms with E-state index >= 15 is 0 Å². The highest BCUT2D eigenvalue weighted by atomic mass is 35.5. The molecule has 0 unspecified atom stereocenters. The molecular weight excluding hydrogens is 266 g/mol. The van der Waals surface area contributed by atoms with Gasteiger partial charge in [0.15, 0.2) is 0 Å². The Balaban J connectivity index is 2.39. The van der Waals surface area contributed by atoms with Crippen LogP contribution < -0.4 is 10.2 Å². The predicted octanol–water partition coefficient (Wildman–Crippen LogP) is 2.37. The number of amides is 1. The Kier molecular flexibility index (Phi) is 3.97. The van der Waals surface area contributed by atoms with Gasteiger partial charge in [-0.05, 0) is 18.2 Å². The number of carbonyl (C=O) groups is 1. The summed E-state index contributed by atoms with van der Waals surface area (Å²) in [6, 6.07) is 7.37. The molecule has 0 aliphatic rings. The molecule has 0 saturated heterocycles. The second kappa shape index (κ2) is 5.67. The number of fused-ring (bicyclic) bond motifs is 1. The lowest BCUT2D eigenvalue weighted by atomic mass is 10.1. The quantitative estimate of drug-likeness (QED) is 0.532. The second-order valence-corrected chi connectivity index (χ2v) is 4.21. The standard InChI is InChI=1S/C13H12ClN3O2/c1-8(18)17-15-7-10-5-9-3-4-11(19-2)6-12(9)16-13(10)14/h3-7H,1-2H3,(H,17,18)/b15-7+. The van der Waals surface area contributed by atoms with Crippen molar-refractivity contribution in [3.63, 3.8) is 0 Å². The Labute approximate surface area is 115 Å². The summed E-state index contributed by atoms with van der Waals surface area (Å²) in [6.07, 6.45) is 1.46. The highest BCUT2D eigenvalue weighted by molar-refractivity contribution is 6.32. The molecule has 0 saturated carbocycles. The maximum atomic E-state index is 10.7. The molecule has 98 valence electrons. The maximum absolute atomic E-state index is 10.7. The van der Waals surface area contributed by atoms with Gasteiger partial charge in [-0.25, -0.2) is 10.4 Å². The number of benzene rings is 1. The van der Waals surface area contributed by atoms with E-state index in [0.717, 1.165) is 16.7 Å². The van der Waals surface area contributed by atoms with Crippen LogP contribution in [-0.2, 0) is 4.79 Å². The Hall–Kier alpha value is -2.14. The van der Waals surface area contributed by atoms with Crippen molar-refractivity contribution in [3.8, 4) is 5.75 Å². The topological polar surface area (TPSA) is 63.6 Å². The van der Waals surface area contributed by atoms with Gasteiger partial charge in [0.1, 0.15) is 10.9 Å². The number of hydrogen-bond acceptors (Lipinski definition) is 4. The average Bonchev–Trinajstić information content (AvgIpc) is 2.38. The van der Waals surface area contributed by atoms with E-state index in [0.29, 0.717) is 10.7 Å². The van der Waals surface area contributed by atoms with Gasteiger partial charge in [0, 0.05) is 23.9 Å². The van der Waals surface area contributed by atoms with Gasteiger partial charge < -0.3 is 4.74 Å². The van der Waals surface area contributed by atoms with Crippen LogP contribution in [0.1, 0.15) is 12.5 Å². The summed E-state index contributed by atoms with van der Waals surface area (Å²) in [5.74, 6) is 0.474. The SMILES string of the molecule is COc1ccc2cc(/C=N/NC(C)=O)c(Cl)nc2c1. The molecule has 0 radical (unpaired) electrons. The monoisotopic (exact) mass is 277 g/mol. The summed E-state index contributed by atoms with van der Waals surface area (Å²) >= 11 is 6.06. The lowest BCUT2D eigenvalue weighted by molar-refractivity contribution is -0.118. The second-order valence-electron chi connectivity index (χ2n) is 3.85. The van der Waals surface area contributed by atoms with Crippen LogP contribution in [0.2, 0.25) is 5.15 Å². The van der Waals surface area contributed by atoms with Crippen molar-refractivity contribution in [1.29, 1.82) is 0 Å². The van der Waals surface area contributed by atoms with Crippen LogP contribution in [0.3, 0.4) is 0 Å². The molecule has 1 aromatic heterocycles. The molecule has 0 bridgehead atoms. The summed E-state index contributed by atoms with van der Waals surface area (Å²) in [5, 5.41) is 5.00. The molecule has 19 heavy (non-hydrogen) atoms. The highest BCUT2D eigenvalue weighted by Gasteiger charge is 2.04. The van der Waals surface area contributed by atoms with Crippen molar-refractivity contribution in [1.82, 2.24) is 10.4 Å². The fourth-order valence-electron chi connectivity index (χ4n) is 1.55. The van der Waals surface area contributed by atoms with Crippen LogP contribution in [0.15, 0.2) is 29.4 Å². The van der Waals surface area contributed by atoms with Crippen molar-refractivity contribution in [2.75, 3.05) is 7.11 Å². The van der Waals surface area contributed by atoms with E-state index in [1.54, 1.807) is 13.2 Å². The van der Waals surface area contributed by atoms with Gasteiger partial charge in [-0.3, -0.25) is 4.79 Å². The molecule has 1 heterocycles. The number of hydrogen-bond donors (Lipinski definition) is 1. The lowest BCUT2D eigenvalue weighted by Gasteiger charge is -2.04. The molecule has 0 aliphatic carbocycles. The molecule has 2 aromatic rings. The van der Waals surface area contributed by atoms with Crippen LogP contribution in [-0.4, -0.2) is 24.2 Å². The largest absolute Gasteiger partial charge is 0.497 e. The van der Waals surface area contributed by atoms with Crippen LogP contribution in [0.25, 0.3) is 10.9 Å². The van der Waals surface area contributed by atoms with Crippen molar-refractivity contribution in [3.05, 3.63) is 35.0 Å². The number of ether oxygens (including phenoxy) is 1. The lowest BCUT2D eigenvalue weighted by Crippen LogP contribution is -2.12. The minimum absolute atomic E-state index is 0.245. The molecule has 0 atom stereocenters. The summed E-state index contributed by atoms with van der Waals surface area (Å²) in [7, 11) is 1.59. The normalized spacial score (nSPS) is 10.9. The van der Waals surface area contributed by atoms with Crippen LogP contribution in [0.4, 0.5) is 0 Å². The molecule has 0 aliphatic heterocycles. The Bertz CT molecular complexity index is 656. The van der Waals surface area contributed by atoms with Crippen molar-refractivity contribution >= 4 is 34.6 Å². The average molecular weight is 278 g/mol. The Morgan fingerprint density at radius 2 is 2.26 bits per heavy atom. The van der Waals surface area contributed by atoms with E-state index in [1.807, 2.05) is 18.2 Å². The molecule has 1 amide bonds. The number of halogens is 1. The highest BCUT2D eigenvalue weighted by Crippen LogP contribution is 2.23. The molecule has 2 rings (SSSR count). The van der Waals surface area contributed by atoms with Crippen molar-refractivity contribution in [2.24, 2.45) is 5.10 Å². The Morgan fingerprint density at radius 3 is 2.95 bits per heavy atom. The predicted molar refractivity (Wildman–Crippen MR) is 74.7 cm³/mol. The van der Waals surface area contributed by atoms with Crippen LogP contribution >= 0.6 is 11.6 Å². The molecule has 0 fully saturated rings. The molecule has 6 heteroatoms. The number of nitrogens with zero attached hydrogens (tertiary/aromatic N) is 2. The van der Waals surface area contributed by atoms with E-state index in [-0.39, 0.29) is 5.91 Å². The fourth-order valence-corrected chi connectivity index (χ4v) is 1.74. The third-order valence-electron chi connectivity index (χ3n) is 2.43. The van der Waals surface area contributed by atoms with E-state index < -0.39 is 0 Å². The zero-order chi connectivity index (χ0) is 13.8. The van der Waals surface area contributed by atoms with Crippen molar-refractivity contribution in [2.45, 2.75) is 6.92 Å². The number of methoxy groups -OCH3 is 1. The number of nitrogens with one attached hydrogen (secondary N) is 1. The van der Waals surface area contributed by atoms with E-state index in [2.05, 4.69) is 15.5 Å². The fraction of sp³-hybridized carbons (Fsp3) is 0.154. The first kappa shape index (κ1) is 13.3. The van der Waals surface area contributed by atoms with Gasteiger partial charge in [-0.15, -0.1) is 0 Å². The summed E-state index contributed by atoms with van der Waals surface area (Å²) in [5.41, 5.74) is 3.68. The summed E-state index contributed by atoms with van der Waals surface area (Å²) in [4.78, 5) is 15.0. The number of pyridine rings is 1. The molecule has 1 aromatic carbocycles. The Morgan fingerprint density at radius 1 is 1.47 bits per heavy atom. The number of hydrazone groups is 1.